The smallest absolute Gasteiger partial charge is 0.427 e. The highest BCUT2D eigenvalue weighted by molar-refractivity contribution is 7.91. The SMILES string of the molecule is COc1cnc(OC2CC3C(O)NC4(C(=O)NS(=O)(=O)C5(CF)CC5)CC4C=CCCC(C)C/C(C)=C(/NC(=O)OC(C)(C)C(F)(F)F)C(=O)N3C2)c2ccc(N(C)C)cc12. The van der Waals surface area contributed by atoms with Crippen LogP contribution in [0.25, 0.3) is 10.8 Å². The zero-order valence-electron chi connectivity index (χ0n) is 35.2. The average molecular weight is 883 g/mol. The van der Waals surface area contributed by atoms with Crippen LogP contribution >= 0.6 is 0 Å². The Morgan fingerprint density at radius 2 is 1.87 bits per heavy atom. The molecule has 0 spiro atoms. The number of carbonyl (C=O) groups is 3. The number of hydrogen-bond acceptors (Lipinski definition) is 12. The predicted molar refractivity (Wildman–Crippen MR) is 217 cm³/mol. The molecular formula is C41H54F4N6O9S. The van der Waals surface area contributed by atoms with E-state index in [1.807, 2.05) is 44.1 Å². The van der Waals surface area contributed by atoms with E-state index in [1.54, 1.807) is 19.1 Å². The number of nitrogens with zero attached hydrogens (tertiary/aromatic N) is 3. The van der Waals surface area contributed by atoms with Gasteiger partial charge in [-0.2, -0.15) is 13.2 Å². The van der Waals surface area contributed by atoms with Gasteiger partial charge in [-0.1, -0.05) is 19.1 Å². The minimum atomic E-state index is -4.94. The van der Waals surface area contributed by atoms with Gasteiger partial charge in [0, 0.05) is 42.9 Å². The van der Waals surface area contributed by atoms with Crippen LogP contribution in [0.1, 0.15) is 72.6 Å². The maximum atomic E-state index is 14.8. The Hall–Kier alpha value is -4.69. The minimum absolute atomic E-state index is 0.0386. The molecular weight excluding hydrogens is 829 g/mol. The number of anilines is 1. The van der Waals surface area contributed by atoms with Crippen molar-refractivity contribution in [2.75, 3.05) is 39.3 Å². The summed E-state index contributed by atoms with van der Waals surface area (Å²) in [5, 5.41) is 18.5. The van der Waals surface area contributed by atoms with Crippen LogP contribution in [0.15, 0.2) is 47.8 Å². The summed E-state index contributed by atoms with van der Waals surface area (Å²) in [6.07, 6.45) is -2.75. The molecule has 20 heteroatoms. The number of carbonyl (C=O) groups excluding carboxylic acids is 3. The molecule has 0 bridgehead atoms. The molecule has 6 atom stereocenters. The van der Waals surface area contributed by atoms with Crippen molar-refractivity contribution in [2.45, 2.75) is 113 Å². The molecule has 3 heterocycles. The van der Waals surface area contributed by atoms with Crippen molar-refractivity contribution in [1.29, 1.82) is 0 Å². The van der Waals surface area contributed by atoms with Gasteiger partial charge in [-0.05, 0) is 89.0 Å². The summed E-state index contributed by atoms with van der Waals surface area (Å²) >= 11 is 0. The third kappa shape index (κ3) is 9.26. The number of aromatic nitrogens is 1. The Morgan fingerprint density at radius 1 is 1.16 bits per heavy atom. The fourth-order valence-electron chi connectivity index (χ4n) is 7.90. The lowest BCUT2D eigenvalue weighted by atomic mass is 9.95. The number of rotatable bonds is 10. The van der Waals surface area contributed by atoms with Gasteiger partial charge >= 0.3 is 12.3 Å². The summed E-state index contributed by atoms with van der Waals surface area (Å²) < 4.78 is 98.8. The maximum Gasteiger partial charge on any atom is 0.427 e. The normalized spacial score (nSPS) is 28.2. The number of aliphatic hydroxyl groups is 1. The number of fused-ring (bicyclic) bond motifs is 3. The lowest BCUT2D eigenvalue weighted by Crippen LogP contribution is -2.59. The molecule has 4 N–H and O–H groups in total. The van der Waals surface area contributed by atoms with Gasteiger partial charge in [0.25, 0.3) is 11.8 Å². The van der Waals surface area contributed by atoms with Gasteiger partial charge < -0.3 is 29.1 Å². The van der Waals surface area contributed by atoms with Crippen molar-refractivity contribution in [2.24, 2.45) is 11.8 Å². The Morgan fingerprint density at radius 3 is 2.49 bits per heavy atom. The van der Waals surface area contributed by atoms with Crippen LogP contribution in [0.4, 0.5) is 28.0 Å². The lowest BCUT2D eigenvalue weighted by Gasteiger charge is -2.33. The van der Waals surface area contributed by atoms with E-state index in [0.29, 0.717) is 48.8 Å². The standard InChI is InChI=1S/C41H54F4N6O9S/c1-23-10-8-9-11-25-19-40(25,36(54)49-61(56,57)39(22-42)14-15-39)48-33(52)30-18-27(59-34-28-13-12-26(50(5)6)17-29(28)31(58-7)20-46-34)21-51(30)35(53)32(24(2)16-23)47-37(55)60-38(3,4)41(43,44)45/h9,11-13,17,20,23,25,27,30,33,48,52H,8,10,14-16,18-19,21-22H2,1-7H3,(H,47,55)(H,49,54)/b11-9?,32-24+. The number of alkyl halides is 4. The molecule has 3 fully saturated rings. The van der Waals surface area contributed by atoms with E-state index in [4.69, 9.17) is 14.2 Å². The Bertz CT molecular complexity index is 2210. The zero-order valence-corrected chi connectivity index (χ0v) is 36.0. The predicted octanol–water partition coefficient (Wildman–Crippen LogP) is 4.99. The van der Waals surface area contributed by atoms with E-state index in [2.05, 4.69) is 20.3 Å². The molecule has 336 valence electrons. The second-order valence-corrected chi connectivity index (χ2v) is 19.4. The van der Waals surface area contributed by atoms with Crippen LogP contribution in [-0.4, -0.2) is 116 Å². The summed E-state index contributed by atoms with van der Waals surface area (Å²) in [5.74, 6) is -1.97. The fraction of sp³-hybridized carbons (Fsp3) is 0.610. The van der Waals surface area contributed by atoms with Crippen LogP contribution in [-0.2, 0) is 24.3 Å². The molecule has 0 radical (unpaired) electrons. The average Bonchev–Trinajstić information content (AvgIpc) is 4.09. The topological polar surface area (TPSA) is 189 Å². The quantitative estimate of drug-likeness (QED) is 0.185. The molecule has 2 aliphatic carbocycles. The number of sulfonamides is 1. The monoisotopic (exact) mass is 882 g/mol. The van der Waals surface area contributed by atoms with Gasteiger partial charge in [0.15, 0.2) is 0 Å². The molecule has 3 amide bonds. The Kier molecular flexibility index (Phi) is 12.7. The maximum absolute atomic E-state index is 14.8. The summed E-state index contributed by atoms with van der Waals surface area (Å²) in [7, 11) is 0.796. The summed E-state index contributed by atoms with van der Waals surface area (Å²) in [4.78, 5) is 49.5. The number of hydrogen-bond donors (Lipinski definition) is 4. The number of halogens is 4. The number of allylic oxidation sites excluding steroid dienone is 2. The van der Waals surface area contributed by atoms with Gasteiger partial charge in [-0.15, -0.1) is 0 Å². The van der Waals surface area contributed by atoms with E-state index >= 15 is 0 Å². The molecule has 2 aromatic rings. The van der Waals surface area contributed by atoms with E-state index in [1.165, 1.54) is 18.2 Å². The molecule has 2 aliphatic heterocycles. The van der Waals surface area contributed by atoms with Gasteiger partial charge in [0.2, 0.25) is 21.5 Å². The third-order valence-corrected chi connectivity index (χ3v) is 14.3. The van der Waals surface area contributed by atoms with Crippen molar-refractivity contribution < 1.29 is 59.7 Å². The number of benzene rings is 1. The van der Waals surface area contributed by atoms with Gasteiger partial charge in [0.1, 0.15) is 40.7 Å². The first-order chi connectivity index (χ1) is 28.5. The molecule has 6 unspecified atom stereocenters. The second kappa shape index (κ2) is 16.9. The third-order valence-electron chi connectivity index (χ3n) is 12.2. The first-order valence-corrected chi connectivity index (χ1v) is 21.6. The lowest BCUT2D eigenvalue weighted by molar-refractivity contribution is -0.243. The second-order valence-electron chi connectivity index (χ2n) is 17.4. The van der Waals surface area contributed by atoms with E-state index in [9.17, 15) is 45.5 Å². The molecule has 2 saturated carbocycles. The van der Waals surface area contributed by atoms with E-state index in [-0.39, 0.29) is 56.1 Å². The van der Waals surface area contributed by atoms with Crippen molar-refractivity contribution in [1.82, 2.24) is 25.2 Å². The Balaban J connectivity index is 1.38. The summed E-state index contributed by atoms with van der Waals surface area (Å²) in [5.41, 5.74) is -3.79. The number of alkyl carbamates (subject to hydrolysis) is 1. The van der Waals surface area contributed by atoms with Crippen molar-refractivity contribution in [3.8, 4) is 11.6 Å². The summed E-state index contributed by atoms with van der Waals surface area (Å²) in [6.45, 7) is 3.38. The first-order valence-electron chi connectivity index (χ1n) is 20.1. The minimum Gasteiger partial charge on any atom is -0.494 e. The number of aliphatic hydroxyl groups excluding tert-OH is 1. The van der Waals surface area contributed by atoms with Crippen molar-refractivity contribution >= 4 is 44.4 Å². The number of nitrogens with one attached hydrogen (secondary N) is 3. The molecule has 1 saturated heterocycles. The van der Waals surface area contributed by atoms with Crippen LogP contribution < -0.4 is 29.7 Å². The largest absolute Gasteiger partial charge is 0.494 e. The number of ether oxygens (including phenoxy) is 3. The number of amides is 3. The van der Waals surface area contributed by atoms with Crippen molar-refractivity contribution in [3.63, 3.8) is 0 Å². The molecule has 4 aliphatic rings. The highest BCUT2D eigenvalue weighted by Gasteiger charge is 2.64. The van der Waals surface area contributed by atoms with Crippen LogP contribution in [0.3, 0.4) is 0 Å². The van der Waals surface area contributed by atoms with Gasteiger partial charge in [-0.25, -0.2) is 22.6 Å². The molecule has 1 aromatic carbocycles. The molecule has 6 rings (SSSR count). The summed E-state index contributed by atoms with van der Waals surface area (Å²) in [6, 6.07) is 4.29. The highest BCUT2D eigenvalue weighted by atomic mass is 32.2. The molecule has 1 aromatic heterocycles. The van der Waals surface area contributed by atoms with E-state index in [0.717, 1.165) is 5.69 Å². The van der Waals surface area contributed by atoms with Crippen LogP contribution in [0.5, 0.6) is 11.6 Å². The number of pyridine rings is 1. The first kappa shape index (κ1) is 45.8. The fourth-order valence-corrected chi connectivity index (χ4v) is 9.32. The highest BCUT2D eigenvalue weighted by Crippen LogP contribution is 2.48. The van der Waals surface area contributed by atoms with Crippen LogP contribution in [0, 0.1) is 11.8 Å². The molecule has 61 heavy (non-hydrogen) atoms. The Labute approximate surface area is 352 Å². The van der Waals surface area contributed by atoms with E-state index < -0.39 is 81.0 Å². The zero-order chi connectivity index (χ0) is 44.9. The van der Waals surface area contributed by atoms with Gasteiger partial charge in [-0.3, -0.25) is 24.9 Å². The van der Waals surface area contributed by atoms with Crippen molar-refractivity contribution in [3.05, 3.63) is 47.8 Å². The molecule has 15 nitrogen and oxygen atoms in total. The van der Waals surface area contributed by atoms with Gasteiger partial charge in [0.05, 0.1) is 25.9 Å². The number of methoxy groups -OCH3 is 1. The van der Waals surface area contributed by atoms with Crippen LogP contribution in [0.2, 0.25) is 0 Å².